The monoisotopic (exact) mass is 307 g/mol. The minimum atomic E-state index is -0.315. The third-order valence-electron chi connectivity index (χ3n) is 4.87. The average Bonchev–Trinajstić information content (AvgIpc) is 2.55. The topological polar surface area (TPSA) is 40.5 Å². The van der Waals surface area contributed by atoms with E-state index < -0.39 is 0 Å². The van der Waals surface area contributed by atoms with E-state index in [2.05, 4.69) is 11.8 Å². The van der Waals surface area contributed by atoms with Crippen LogP contribution in [0.2, 0.25) is 0 Å². The largest absolute Gasteiger partial charge is 0.396 e. The Bertz CT molecular complexity index is 482. The molecule has 0 unspecified atom stereocenters. The van der Waals surface area contributed by atoms with Gasteiger partial charge in [-0.05, 0) is 63.0 Å². The smallest absolute Gasteiger partial charge is 0.162 e. The number of aliphatic hydroxyl groups excluding tert-OH is 1. The quantitative estimate of drug-likeness (QED) is 0.786. The summed E-state index contributed by atoms with van der Waals surface area (Å²) in [6.45, 7) is 5.23. The van der Waals surface area contributed by atoms with E-state index in [1.165, 1.54) is 12.1 Å². The Morgan fingerprint density at radius 1 is 1.36 bits per heavy atom. The molecule has 0 spiro atoms. The number of hydrogen-bond acceptors (Lipinski definition) is 3. The fraction of sp³-hybridized carbons (Fsp3) is 0.611. The highest BCUT2D eigenvalue weighted by atomic mass is 19.1. The van der Waals surface area contributed by atoms with Gasteiger partial charge in [0.25, 0.3) is 0 Å². The lowest BCUT2D eigenvalue weighted by Crippen LogP contribution is -2.45. The highest BCUT2D eigenvalue weighted by Crippen LogP contribution is 2.32. The molecule has 1 aromatic carbocycles. The van der Waals surface area contributed by atoms with Crippen LogP contribution in [0.25, 0.3) is 0 Å². The molecule has 1 atom stereocenters. The van der Waals surface area contributed by atoms with Crippen molar-refractivity contribution in [2.75, 3.05) is 26.2 Å². The van der Waals surface area contributed by atoms with Gasteiger partial charge in [0, 0.05) is 30.6 Å². The van der Waals surface area contributed by atoms with Crippen molar-refractivity contribution in [3.63, 3.8) is 0 Å². The molecular weight excluding hydrogens is 281 g/mol. The molecule has 0 bridgehead atoms. The molecule has 1 aromatic rings. The maximum absolute atomic E-state index is 12.8. The molecule has 1 aliphatic rings. The molecule has 3 nitrogen and oxygen atoms in total. The standard InChI is InChI=1S/C18H26FNO2/c1-2-18(14-21)10-4-12-20(13-18)11-3-5-17(22)15-6-8-16(19)9-7-15/h6-9,21H,2-5,10-14H2,1H3/t18-/m1/s1. The predicted octanol–water partition coefficient (Wildman–Crippen LogP) is 3.27. The minimum Gasteiger partial charge on any atom is -0.396 e. The molecule has 1 fully saturated rings. The summed E-state index contributed by atoms with van der Waals surface area (Å²) < 4.78 is 12.8. The number of halogens is 1. The summed E-state index contributed by atoms with van der Waals surface area (Å²) in [5, 5.41) is 9.63. The Balaban J connectivity index is 1.78. The van der Waals surface area contributed by atoms with Crippen LogP contribution in [0.15, 0.2) is 24.3 Å². The van der Waals surface area contributed by atoms with Gasteiger partial charge in [0.1, 0.15) is 5.82 Å². The number of ketones is 1. The number of piperidine rings is 1. The second-order valence-corrected chi connectivity index (χ2v) is 6.42. The lowest BCUT2D eigenvalue weighted by Gasteiger charge is -2.41. The molecule has 0 aromatic heterocycles. The number of carbonyl (C=O) groups is 1. The van der Waals surface area contributed by atoms with Crippen LogP contribution < -0.4 is 0 Å². The second-order valence-electron chi connectivity index (χ2n) is 6.42. The van der Waals surface area contributed by atoms with Crippen molar-refractivity contribution < 1.29 is 14.3 Å². The molecule has 1 heterocycles. The van der Waals surface area contributed by atoms with E-state index in [9.17, 15) is 14.3 Å². The zero-order chi connectivity index (χ0) is 16.0. The number of carbonyl (C=O) groups excluding carboxylic acids is 1. The zero-order valence-electron chi connectivity index (χ0n) is 13.4. The van der Waals surface area contributed by atoms with Crippen molar-refractivity contribution in [1.82, 2.24) is 4.90 Å². The van der Waals surface area contributed by atoms with Crippen molar-refractivity contribution in [1.29, 1.82) is 0 Å². The normalized spacial score (nSPS) is 22.7. The van der Waals surface area contributed by atoms with Gasteiger partial charge in [-0.1, -0.05) is 6.92 Å². The molecule has 0 saturated carbocycles. The zero-order valence-corrected chi connectivity index (χ0v) is 13.4. The predicted molar refractivity (Wildman–Crippen MR) is 85.4 cm³/mol. The van der Waals surface area contributed by atoms with Gasteiger partial charge in [-0.3, -0.25) is 4.79 Å². The number of hydrogen-bond donors (Lipinski definition) is 1. The van der Waals surface area contributed by atoms with Crippen LogP contribution in [-0.2, 0) is 0 Å². The molecule has 4 heteroatoms. The number of Topliss-reactive ketones (excluding diaryl/α,β-unsaturated/α-hetero) is 1. The van der Waals surface area contributed by atoms with Gasteiger partial charge in [0.15, 0.2) is 5.78 Å². The maximum atomic E-state index is 12.8. The number of benzene rings is 1. The third-order valence-corrected chi connectivity index (χ3v) is 4.87. The first-order valence-electron chi connectivity index (χ1n) is 8.20. The Morgan fingerprint density at radius 2 is 2.09 bits per heavy atom. The highest BCUT2D eigenvalue weighted by Gasteiger charge is 2.32. The molecule has 0 aliphatic carbocycles. The third kappa shape index (κ3) is 4.37. The molecule has 2 rings (SSSR count). The summed E-state index contributed by atoms with van der Waals surface area (Å²) in [5.41, 5.74) is 0.623. The van der Waals surface area contributed by atoms with Crippen molar-refractivity contribution >= 4 is 5.78 Å². The minimum absolute atomic E-state index is 0.0409. The molecule has 122 valence electrons. The van der Waals surface area contributed by atoms with Gasteiger partial charge in [0.2, 0.25) is 0 Å². The Hall–Kier alpha value is -1.26. The van der Waals surface area contributed by atoms with Crippen molar-refractivity contribution in [2.45, 2.75) is 39.0 Å². The summed E-state index contributed by atoms with van der Waals surface area (Å²) in [6, 6.07) is 5.75. The summed E-state index contributed by atoms with van der Waals surface area (Å²) in [6.07, 6.45) is 4.49. The van der Waals surface area contributed by atoms with E-state index in [1.54, 1.807) is 12.1 Å². The number of nitrogens with zero attached hydrogens (tertiary/aromatic N) is 1. The van der Waals surface area contributed by atoms with Crippen LogP contribution in [0.3, 0.4) is 0 Å². The van der Waals surface area contributed by atoms with Gasteiger partial charge in [-0.25, -0.2) is 4.39 Å². The first-order valence-corrected chi connectivity index (χ1v) is 8.20. The second kappa shape index (κ2) is 7.84. The molecule has 0 amide bonds. The van der Waals surface area contributed by atoms with Crippen LogP contribution in [-0.4, -0.2) is 42.0 Å². The molecule has 1 N–H and O–H groups in total. The highest BCUT2D eigenvalue weighted by molar-refractivity contribution is 5.95. The first-order chi connectivity index (χ1) is 10.6. The SMILES string of the molecule is CC[C@@]1(CO)CCCN(CCCC(=O)c2ccc(F)cc2)C1. The van der Waals surface area contributed by atoms with Gasteiger partial charge >= 0.3 is 0 Å². The number of likely N-dealkylation sites (tertiary alicyclic amines) is 1. The van der Waals surface area contributed by atoms with E-state index >= 15 is 0 Å². The average molecular weight is 307 g/mol. The maximum Gasteiger partial charge on any atom is 0.162 e. The van der Waals surface area contributed by atoms with Crippen LogP contribution in [0.5, 0.6) is 0 Å². The summed E-state index contributed by atoms with van der Waals surface area (Å²) in [7, 11) is 0. The van der Waals surface area contributed by atoms with Crippen LogP contribution in [0.4, 0.5) is 4.39 Å². The van der Waals surface area contributed by atoms with Crippen LogP contribution >= 0.6 is 0 Å². The summed E-state index contributed by atoms with van der Waals surface area (Å²) in [4.78, 5) is 14.4. The molecule has 1 aliphatic heterocycles. The van der Waals surface area contributed by atoms with Crippen LogP contribution in [0, 0.1) is 11.2 Å². The van der Waals surface area contributed by atoms with E-state index in [0.717, 1.165) is 45.3 Å². The van der Waals surface area contributed by atoms with E-state index in [1.807, 2.05) is 0 Å². The Morgan fingerprint density at radius 3 is 2.73 bits per heavy atom. The first kappa shape index (κ1) is 17.1. The molecule has 1 saturated heterocycles. The van der Waals surface area contributed by atoms with Crippen molar-refractivity contribution in [2.24, 2.45) is 5.41 Å². The number of aliphatic hydroxyl groups is 1. The summed E-state index contributed by atoms with van der Waals surface area (Å²) in [5.74, 6) is -0.245. The lowest BCUT2D eigenvalue weighted by atomic mass is 9.78. The van der Waals surface area contributed by atoms with Gasteiger partial charge in [-0.15, -0.1) is 0 Å². The summed E-state index contributed by atoms with van der Waals surface area (Å²) >= 11 is 0. The molecule has 22 heavy (non-hydrogen) atoms. The van der Waals surface area contributed by atoms with Crippen molar-refractivity contribution in [3.8, 4) is 0 Å². The Labute approximate surface area is 132 Å². The fourth-order valence-electron chi connectivity index (χ4n) is 3.27. The van der Waals surface area contributed by atoms with Gasteiger partial charge < -0.3 is 10.0 Å². The Kier molecular flexibility index (Phi) is 6.09. The fourth-order valence-corrected chi connectivity index (χ4v) is 3.27. The van der Waals surface area contributed by atoms with Gasteiger partial charge in [0.05, 0.1) is 0 Å². The lowest BCUT2D eigenvalue weighted by molar-refractivity contribution is 0.0286. The molecular formula is C18H26FNO2. The van der Waals surface area contributed by atoms with E-state index in [4.69, 9.17) is 0 Å². The molecule has 0 radical (unpaired) electrons. The van der Waals surface area contributed by atoms with E-state index in [0.29, 0.717) is 12.0 Å². The van der Waals surface area contributed by atoms with Crippen molar-refractivity contribution in [3.05, 3.63) is 35.6 Å². The van der Waals surface area contributed by atoms with Gasteiger partial charge in [-0.2, -0.15) is 0 Å². The number of rotatable bonds is 7. The van der Waals surface area contributed by atoms with E-state index in [-0.39, 0.29) is 23.6 Å². The van der Waals surface area contributed by atoms with Crippen LogP contribution in [0.1, 0.15) is 49.4 Å².